The lowest BCUT2D eigenvalue weighted by atomic mass is 9.63. The van der Waals surface area contributed by atoms with Crippen LogP contribution in [0.3, 0.4) is 0 Å². The van der Waals surface area contributed by atoms with Gasteiger partial charge in [0.1, 0.15) is 0 Å². The Bertz CT molecular complexity index is 680. The van der Waals surface area contributed by atoms with Gasteiger partial charge < -0.3 is 20.2 Å². The summed E-state index contributed by atoms with van der Waals surface area (Å²) < 4.78 is 0. The number of rotatable bonds is 9. The highest BCUT2D eigenvalue weighted by atomic mass is 16.3. The van der Waals surface area contributed by atoms with Gasteiger partial charge in [-0.05, 0) is 95.4 Å². The predicted octanol–water partition coefficient (Wildman–Crippen LogP) is 4.61. The third kappa shape index (κ3) is 6.31. The molecule has 2 aliphatic carbocycles. The molecule has 0 amide bonds. The van der Waals surface area contributed by atoms with Crippen molar-refractivity contribution in [1.82, 2.24) is 4.90 Å². The summed E-state index contributed by atoms with van der Waals surface area (Å²) in [5, 5.41) is 30.1. The van der Waals surface area contributed by atoms with E-state index < -0.39 is 17.8 Å². The van der Waals surface area contributed by atoms with Gasteiger partial charge in [-0.25, -0.2) is 0 Å². The molecule has 0 bridgehead atoms. The van der Waals surface area contributed by atoms with Crippen molar-refractivity contribution in [3.05, 3.63) is 36.0 Å². The molecule has 176 valence electrons. The Hall–Kier alpha value is -0.940. The molecule has 31 heavy (non-hydrogen) atoms. The van der Waals surface area contributed by atoms with Crippen LogP contribution in [0.25, 0.3) is 0 Å². The Labute approximate surface area is 189 Å². The highest BCUT2D eigenvalue weighted by Gasteiger charge is 2.48. The number of allylic oxidation sites excluding steroid dienone is 3. The van der Waals surface area contributed by atoms with Crippen molar-refractivity contribution >= 4 is 0 Å². The summed E-state index contributed by atoms with van der Waals surface area (Å²) in [6, 6.07) is 0. The smallest absolute Gasteiger partial charge is 0.0758 e. The molecule has 0 aromatic rings. The molecule has 3 N–H and O–H groups in total. The fourth-order valence-corrected chi connectivity index (χ4v) is 6.56. The number of hydrogen-bond donors (Lipinski definition) is 3. The summed E-state index contributed by atoms with van der Waals surface area (Å²) in [7, 11) is 0. The predicted molar refractivity (Wildman–Crippen MR) is 128 cm³/mol. The second-order valence-electron chi connectivity index (χ2n) is 11.1. The van der Waals surface area contributed by atoms with Crippen molar-refractivity contribution in [2.45, 2.75) is 96.4 Å². The number of aliphatic hydroxyl groups is 3. The third-order valence-corrected chi connectivity index (χ3v) is 8.32. The van der Waals surface area contributed by atoms with Crippen LogP contribution in [-0.4, -0.2) is 57.7 Å². The molecule has 0 aromatic carbocycles. The minimum atomic E-state index is -0.553. The highest BCUT2D eigenvalue weighted by Crippen LogP contribution is 2.58. The topological polar surface area (TPSA) is 63.9 Å². The van der Waals surface area contributed by atoms with Gasteiger partial charge in [0.05, 0.1) is 17.8 Å². The Morgan fingerprint density at radius 3 is 2.65 bits per heavy atom. The van der Waals surface area contributed by atoms with E-state index in [9.17, 15) is 15.3 Å². The first-order chi connectivity index (χ1) is 14.6. The molecule has 2 saturated carbocycles. The fraction of sp³-hybridized carbons (Fsp3) is 0.778. The summed E-state index contributed by atoms with van der Waals surface area (Å²) >= 11 is 0. The van der Waals surface area contributed by atoms with Crippen molar-refractivity contribution in [2.24, 2.45) is 17.3 Å². The number of aliphatic hydroxyl groups excluding tert-OH is 2. The van der Waals surface area contributed by atoms with E-state index in [0.717, 1.165) is 37.5 Å². The molecule has 0 spiro atoms. The maximum Gasteiger partial charge on any atom is 0.0758 e. The minimum absolute atomic E-state index is 0.380. The van der Waals surface area contributed by atoms with Crippen LogP contribution in [0.5, 0.6) is 0 Å². The van der Waals surface area contributed by atoms with Crippen LogP contribution >= 0.6 is 0 Å². The summed E-state index contributed by atoms with van der Waals surface area (Å²) in [6.45, 7) is 12.9. The fourth-order valence-electron chi connectivity index (χ4n) is 6.56. The zero-order chi connectivity index (χ0) is 22.6. The van der Waals surface area contributed by atoms with E-state index >= 15 is 0 Å². The van der Waals surface area contributed by atoms with E-state index in [0.29, 0.717) is 24.2 Å². The molecule has 3 fully saturated rings. The Morgan fingerprint density at radius 1 is 1.23 bits per heavy atom. The van der Waals surface area contributed by atoms with Gasteiger partial charge in [-0.3, -0.25) is 0 Å². The van der Waals surface area contributed by atoms with E-state index in [-0.39, 0.29) is 0 Å². The summed E-state index contributed by atoms with van der Waals surface area (Å²) in [5.74, 6) is 1.41. The second kappa shape index (κ2) is 10.3. The van der Waals surface area contributed by atoms with E-state index in [1.54, 1.807) is 18.6 Å². The third-order valence-electron chi connectivity index (χ3n) is 8.32. The van der Waals surface area contributed by atoms with Crippen LogP contribution in [0.2, 0.25) is 0 Å². The van der Waals surface area contributed by atoms with Gasteiger partial charge >= 0.3 is 0 Å². The van der Waals surface area contributed by atoms with Gasteiger partial charge in [-0.15, -0.1) is 6.58 Å². The molecular weight excluding hydrogens is 386 g/mol. The normalized spacial score (nSPS) is 37.7. The number of likely N-dealkylation sites (tertiary alicyclic amines) is 1. The SMILES string of the molecule is C=CC(O)C/C(=C\C=C1/CCC[C@@]2(C)C1CC[C@@H]2CCN1CC[C@](C)(O)C1)C[C@H](C)O. The highest BCUT2D eigenvalue weighted by molar-refractivity contribution is 5.25. The van der Waals surface area contributed by atoms with Crippen molar-refractivity contribution in [3.63, 3.8) is 0 Å². The van der Waals surface area contributed by atoms with Crippen molar-refractivity contribution in [2.75, 3.05) is 19.6 Å². The quantitative estimate of drug-likeness (QED) is 0.467. The van der Waals surface area contributed by atoms with E-state index in [1.165, 1.54) is 38.5 Å². The van der Waals surface area contributed by atoms with E-state index in [1.807, 2.05) is 6.92 Å². The number of fused-ring (bicyclic) bond motifs is 1. The Balaban J connectivity index is 1.67. The first-order valence-electron chi connectivity index (χ1n) is 12.4. The summed E-state index contributed by atoms with van der Waals surface area (Å²) in [4.78, 5) is 2.45. The van der Waals surface area contributed by atoms with E-state index in [2.05, 4.69) is 30.6 Å². The average Bonchev–Trinajstić information content (AvgIpc) is 3.22. The van der Waals surface area contributed by atoms with Gasteiger partial charge in [-0.2, -0.15) is 0 Å². The van der Waals surface area contributed by atoms with E-state index in [4.69, 9.17) is 0 Å². The molecule has 0 radical (unpaired) electrons. The molecule has 6 atom stereocenters. The standard InChI is InChI=1S/C27H45NO3/c1-5-24(30)18-21(17-20(2)29)8-9-22-7-6-13-27(4)23(10-11-25(22)27)12-15-28-16-14-26(3,31)19-28/h5,8-9,20,23-25,29-31H,1,6-7,10-19H2,2-4H3/b21-8-,22-9+/t20-,23+,24?,25?,26-,27+/m0/s1. The molecule has 1 saturated heterocycles. The van der Waals surface area contributed by atoms with Crippen molar-refractivity contribution in [3.8, 4) is 0 Å². The number of hydrogen-bond acceptors (Lipinski definition) is 4. The van der Waals surface area contributed by atoms with Crippen LogP contribution in [0.15, 0.2) is 36.0 Å². The molecule has 4 heteroatoms. The first-order valence-corrected chi connectivity index (χ1v) is 12.4. The average molecular weight is 432 g/mol. The monoisotopic (exact) mass is 431 g/mol. The molecule has 3 aliphatic rings. The van der Waals surface area contributed by atoms with Crippen molar-refractivity contribution in [1.29, 1.82) is 0 Å². The summed E-state index contributed by atoms with van der Waals surface area (Å²) in [6.07, 6.45) is 14.7. The zero-order valence-electron chi connectivity index (χ0n) is 20.0. The molecule has 1 heterocycles. The molecule has 0 aromatic heterocycles. The lowest BCUT2D eigenvalue weighted by Gasteiger charge is -2.43. The Morgan fingerprint density at radius 2 is 2.00 bits per heavy atom. The maximum atomic E-state index is 10.3. The maximum absolute atomic E-state index is 10.3. The lowest BCUT2D eigenvalue weighted by molar-refractivity contribution is 0.0653. The van der Waals surface area contributed by atoms with Gasteiger partial charge in [0.25, 0.3) is 0 Å². The molecule has 4 nitrogen and oxygen atoms in total. The van der Waals surface area contributed by atoms with Gasteiger partial charge in [0.2, 0.25) is 0 Å². The van der Waals surface area contributed by atoms with Gasteiger partial charge in [-0.1, -0.05) is 36.3 Å². The molecular formula is C27H45NO3. The van der Waals surface area contributed by atoms with Gasteiger partial charge in [0.15, 0.2) is 0 Å². The lowest BCUT2D eigenvalue weighted by Crippen LogP contribution is -2.36. The number of β-amino-alcohol motifs (C(OH)–C–C–N with tert-alkyl or cyclic N) is 1. The Kier molecular flexibility index (Phi) is 8.23. The minimum Gasteiger partial charge on any atom is -0.393 e. The molecule has 2 unspecified atom stereocenters. The van der Waals surface area contributed by atoms with Crippen LogP contribution in [0, 0.1) is 17.3 Å². The van der Waals surface area contributed by atoms with Crippen LogP contribution in [0.1, 0.15) is 78.6 Å². The number of nitrogens with zero attached hydrogens (tertiary/aromatic N) is 1. The summed E-state index contributed by atoms with van der Waals surface area (Å²) in [5.41, 5.74) is 2.54. The van der Waals surface area contributed by atoms with Crippen LogP contribution < -0.4 is 0 Å². The zero-order valence-corrected chi connectivity index (χ0v) is 20.0. The molecule has 1 aliphatic heterocycles. The van der Waals surface area contributed by atoms with Crippen LogP contribution in [-0.2, 0) is 0 Å². The molecule has 3 rings (SSSR count). The van der Waals surface area contributed by atoms with Crippen LogP contribution in [0.4, 0.5) is 0 Å². The first kappa shape index (κ1) is 24.7. The van der Waals surface area contributed by atoms with Gasteiger partial charge in [0, 0.05) is 13.1 Å². The largest absolute Gasteiger partial charge is 0.393 e. The van der Waals surface area contributed by atoms with Crippen molar-refractivity contribution < 1.29 is 15.3 Å². The second-order valence-corrected chi connectivity index (χ2v) is 11.1.